The summed E-state index contributed by atoms with van der Waals surface area (Å²) in [6, 6.07) is 16.6. The minimum Gasteiger partial charge on any atom is -0.378 e. The van der Waals surface area contributed by atoms with E-state index in [4.69, 9.17) is 4.74 Å². The van der Waals surface area contributed by atoms with Crippen molar-refractivity contribution in [3.8, 4) is 11.3 Å². The fraction of sp³-hybridized carbons (Fsp3) is 0.250. The number of carbonyl (C=O) groups is 2. The van der Waals surface area contributed by atoms with Gasteiger partial charge in [-0.3, -0.25) is 19.6 Å². The van der Waals surface area contributed by atoms with Crippen LogP contribution in [0.5, 0.6) is 0 Å². The Balaban J connectivity index is 1.48. The predicted molar refractivity (Wildman–Crippen MR) is 113 cm³/mol. The molecule has 1 saturated heterocycles. The zero-order valence-electron chi connectivity index (χ0n) is 16.9. The summed E-state index contributed by atoms with van der Waals surface area (Å²) in [4.78, 5) is 35.7. The van der Waals surface area contributed by atoms with Gasteiger partial charge in [-0.1, -0.05) is 18.2 Å². The van der Waals surface area contributed by atoms with Crippen LogP contribution in [0.2, 0.25) is 0 Å². The molecule has 0 bridgehead atoms. The maximum absolute atomic E-state index is 12.6. The van der Waals surface area contributed by atoms with Crippen molar-refractivity contribution < 1.29 is 14.3 Å². The molecule has 0 spiro atoms. The van der Waals surface area contributed by atoms with E-state index in [1.165, 1.54) is 0 Å². The molecule has 1 aromatic carbocycles. The average Bonchev–Trinajstić information content (AvgIpc) is 2.79. The van der Waals surface area contributed by atoms with E-state index in [2.05, 4.69) is 9.97 Å². The molecule has 6 heteroatoms. The summed E-state index contributed by atoms with van der Waals surface area (Å²) in [5.41, 5.74) is 4.49. The number of aryl methyl sites for hydroxylation is 1. The van der Waals surface area contributed by atoms with Crippen LogP contribution in [0, 0.1) is 6.92 Å². The molecule has 3 aromatic rings. The number of aromatic nitrogens is 2. The summed E-state index contributed by atoms with van der Waals surface area (Å²) in [6.45, 7) is 4.27. The summed E-state index contributed by atoms with van der Waals surface area (Å²) >= 11 is 0. The number of ketones is 1. The number of hydrogen-bond acceptors (Lipinski definition) is 5. The SMILES string of the molecule is Cc1cccc(C(=O)Cc2ccnc(-c3ccc(C(=O)N4CCOCC4)cc3)c2)n1. The first-order valence-electron chi connectivity index (χ1n) is 9.99. The van der Waals surface area contributed by atoms with Gasteiger partial charge < -0.3 is 9.64 Å². The quantitative estimate of drug-likeness (QED) is 0.613. The fourth-order valence-corrected chi connectivity index (χ4v) is 3.45. The molecule has 1 aliphatic rings. The van der Waals surface area contributed by atoms with Crippen molar-refractivity contribution in [1.29, 1.82) is 0 Å². The van der Waals surface area contributed by atoms with E-state index in [1.54, 1.807) is 12.3 Å². The first-order valence-corrected chi connectivity index (χ1v) is 9.99. The number of Topliss-reactive ketones (excluding diaryl/α,β-unsaturated/α-hetero) is 1. The Bertz CT molecular complexity index is 1060. The van der Waals surface area contributed by atoms with E-state index in [-0.39, 0.29) is 18.1 Å². The van der Waals surface area contributed by atoms with Crippen molar-refractivity contribution in [2.24, 2.45) is 0 Å². The average molecular weight is 401 g/mol. The molecule has 0 aliphatic carbocycles. The van der Waals surface area contributed by atoms with Gasteiger partial charge in [0.05, 0.1) is 18.9 Å². The highest BCUT2D eigenvalue weighted by molar-refractivity contribution is 5.96. The molecule has 1 fully saturated rings. The molecule has 0 N–H and O–H groups in total. The van der Waals surface area contributed by atoms with E-state index < -0.39 is 0 Å². The number of nitrogens with zero attached hydrogens (tertiary/aromatic N) is 3. The Labute approximate surface area is 175 Å². The molecule has 4 rings (SSSR count). The Hall–Kier alpha value is -3.38. The molecule has 3 heterocycles. The fourth-order valence-electron chi connectivity index (χ4n) is 3.45. The Morgan fingerprint density at radius 3 is 2.53 bits per heavy atom. The normalized spacial score (nSPS) is 13.8. The number of ether oxygens (including phenoxy) is 1. The van der Waals surface area contributed by atoms with Crippen LogP contribution >= 0.6 is 0 Å². The minimum absolute atomic E-state index is 0.0165. The van der Waals surface area contributed by atoms with E-state index >= 15 is 0 Å². The van der Waals surface area contributed by atoms with Crippen LogP contribution in [0.4, 0.5) is 0 Å². The second-order valence-electron chi connectivity index (χ2n) is 7.30. The summed E-state index contributed by atoms with van der Waals surface area (Å²) in [7, 11) is 0. The largest absolute Gasteiger partial charge is 0.378 e. The lowest BCUT2D eigenvalue weighted by Gasteiger charge is -2.26. The topological polar surface area (TPSA) is 72.4 Å². The number of pyridine rings is 2. The van der Waals surface area contributed by atoms with Gasteiger partial charge in [-0.05, 0) is 48.9 Å². The first-order chi connectivity index (χ1) is 14.6. The third kappa shape index (κ3) is 4.60. The highest BCUT2D eigenvalue weighted by Crippen LogP contribution is 2.20. The molecule has 152 valence electrons. The van der Waals surface area contributed by atoms with Crippen molar-refractivity contribution in [2.75, 3.05) is 26.3 Å². The number of benzene rings is 1. The molecular weight excluding hydrogens is 378 g/mol. The highest BCUT2D eigenvalue weighted by atomic mass is 16.5. The zero-order chi connectivity index (χ0) is 20.9. The maximum atomic E-state index is 12.6. The van der Waals surface area contributed by atoms with Crippen LogP contribution < -0.4 is 0 Å². The standard InChI is InChI=1S/C24H23N3O3/c1-17-3-2-4-21(26-17)23(28)16-18-9-10-25-22(15-18)19-5-7-20(8-6-19)24(29)27-11-13-30-14-12-27/h2-10,15H,11-14,16H2,1H3. The van der Waals surface area contributed by atoms with E-state index in [0.29, 0.717) is 37.6 Å². The van der Waals surface area contributed by atoms with Crippen LogP contribution in [0.3, 0.4) is 0 Å². The number of hydrogen-bond donors (Lipinski definition) is 0. The van der Waals surface area contributed by atoms with Gasteiger partial charge in [0, 0.05) is 42.5 Å². The van der Waals surface area contributed by atoms with Crippen molar-refractivity contribution >= 4 is 11.7 Å². The second-order valence-corrected chi connectivity index (χ2v) is 7.30. The molecule has 6 nitrogen and oxygen atoms in total. The first kappa shape index (κ1) is 19.9. The third-order valence-electron chi connectivity index (χ3n) is 5.09. The summed E-state index contributed by atoms with van der Waals surface area (Å²) in [5, 5.41) is 0. The van der Waals surface area contributed by atoms with Gasteiger partial charge in [0.1, 0.15) is 5.69 Å². The Kier molecular flexibility index (Phi) is 5.95. The van der Waals surface area contributed by atoms with Crippen molar-refractivity contribution in [2.45, 2.75) is 13.3 Å². The summed E-state index contributed by atoms with van der Waals surface area (Å²) < 4.78 is 5.31. The van der Waals surface area contributed by atoms with E-state index in [9.17, 15) is 9.59 Å². The molecule has 1 amide bonds. The van der Waals surface area contributed by atoms with Crippen LogP contribution in [-0.4, -0.2) is 52.9 Å². The Morgan fingerprint density at radius 2 is 1.80 bits per heavy atom. The van der Waals surface area contributed by atoms with Gasteiger partial charge in [0.25, 0.3) is 5.91 Å². The Morgan fingerprint density at radius 1 is 1.03 bits per heavy atom. The molecule has 1 aliphatic heterocycles. The third-order valence-corrected chi connectivity index (χ3v) is 5.09. The van der Waals surface area contributed by atoms with Crippen molar-refractivity contribution in [1.82, 2.24) is 14.9 Å². The van der Waals surface area contributed by atoms with Gasteiger partial charge in [0.15, 0.2) is 5.78 Å². The number of morpholine rings is 1. The summed E-state index contributed by atoms with van der Waals surface area (Å²) in [6.07, 6.45) is 1.97. The van der Waals surface area contributed by atoms with Crippen molar-refractivity contribution in [3.63, 3.8) is 0 Å². The van der Waals surface area contributed by atoms with Gasteiger partial charge in [-0.15, -0.1) is 0 Å². The number of carbonyl (C=O) groups excluding carboxylic acids is 2. The predicted octanol–water partition coefficient (Wildman–Crippen LogP) is 3.35. The lowest BCUT2D eigenvalue weighted by Crippen LogP contribution is -2.40. The maximum Gasteiger partial charge on any atom is 0.254 e. The molecule has 0 radical (unpaired) electrons. The van der Waals surface area contributed by atoms with Crippen LogP contribution in [0.25, 0.3) is 11.3 Å². The second kappa shape index (κ2) is 8.97. The number of rotatable bonds is 5. The van der Waals surface area contributed by atoms with Gasteiger partial charge in [0.2, 0.25) is 0 Å². The zero-order valence-corrected chi connectivity index (χ0v) is 16.9. The van der Waals surface area contributed by atoms with Gasteiger partial charge >= 0.3 is 0 Å². The molecule has 0 saturated carbocycles. The van der Waals surface area contributed by atoms with Crippen LogP contribution in [0.15, 0.2) is 60.8 Å². The van der Waals surface area contributed by atoms with Gasteiger partial charge in [-0.2, -0.15) is 0 Å². The molecular formula is C24H23N3O3. The lowest BCUT2D eigenvalue weighted by molar-refractivity contribution is 0.0303. The molecule has 2 aromatic heterocycles. The van der Waals surface area contributed by atoms with Crippen molar-refractivity contribution in [3.05, 3.63) is 83.3 Å². The molecule has 0 unspecified atom stereocenters. The van der Waals surface area contributed by atoms with Gasteiger partial charge in [-0.25, -0.2) is 0 Å². The smallest absolute Gasteiger partial charge is 0.254 e. The van der Waals surface area contributed by atoms with Crippen LogP contribution in [0.1, 0.15) is 32.1 Å². The highest BCUT2D eigenvalue weighted by Gasteiger charge is 2.18. The minimum atomic E-state index is -0.0256. The summed E-state index contributed by atoms with van der Waals surface area (Å²) in [5.74, 6) is -0.00915. The van der Waals surface area contributed by atoms with Crippen LogP contribution in [-0.2, 0) is 11.2 Å². The van der Waals surface area contributed by atoms with E-state index in [1.807, 2.05) is 60.4 Å². The monoisotopic (exact) mass is 401 g/mol. The molecule has 30 heavy (non-hydrogen) atoms. The van der Waals surface area contributed by atoms with E-state index in [0.717, 1.165) is 22.5 Å². The number of amides is 1. The lowest BCUT2D eigenvalue weighted by atomic mass is 10.0. The molecule has 0 atom stereocenters.